The largest absolute Gasteiger partial charge is 0.508 e. The van der Waals surface area contributed by atoms with Crippen LogP contribution >= 0.6 is 0 Å². The molecule has 0 aromatic heterocycles. The highest BCUT2D eigenvalue weighted by atomic mass is 16.3. The normalized spacial score (nSPS) is 28.9. The third kappa shape index (κ3) is 2.26. The average molecular weight is 245 g/mol. The Morgan fingerprint density at radius 2 is 2.11 bits per heavy atom. The summed E-state index contributed by atoms with van der Waals surface area (Å²) >= 11 is 0. The van der Waals surface area contributed by atoms with Gasteiger partial charge in [0, 0.05) is 12.6 Å². The quantitative estimate of drug-likeness (QED) is 0.818. The van der Waals surface area contributed by atoms with Gasteiger partial charge in [-0.05, 0) is 67.8 Å². The Balaban J connectivity index is 1.86. The molecule has 1 aliphatic carbocycles. The number of aryl methyl sites for hydroxylation is 1. The van der Waals surface area contributed by atoms with Crippen LogP contribution in [0.3, 0.4) is 0 Å². The summed E-state index contributed by atoms with van der Waals surface area (Å²) in [4.78, 5) is 2.67. The number of piperidine rings is 1. The first-order chi connectivity index (χ1) is 8.74. The standard InChI is InChI=1S/C16H23NO/c1-12-4-3-9-17(11-12)16-6-2-5-13-10-14(18)7-8-15(13)16/h7-8,10,12,16,18H,2-6,9,11H2,1H3. The molecule has 18 heavy (non-hydrogen) atoms. The Morgan fingerprint density at radius 3 is 2.94 bits per heavy atom. The Labute approximate surface area is 110 Å². The number of rotatable bonds is 1. The molecule has 1 N–H and O–H groups in total. The molecule has 0 spiro atoms. The van der Waals surface area contributed by atoms with Crippen LogP contribution in [0.4, 0.5) is 0 Å². The zero-order chi connectivity index (χ0) is 12.5. The molecule has 2 aliphatic rings. The number of aromatic hydroxyl groups is 1. The van der Waals surface area contributed by atoms with Crippen molar-refractivity contribution >= 4 is 0 Å². The number of likely N-dealkylation sites (tertiary alicyclic amines) is 1. The molecule has 2 nitrogen and oxygen atoms in total. The van der Waals surface area contributed by atoms with Gasteiger partial charge in [0.25, 0.3) is 0 Å². The molecule has 2 unspecified atom stereocenters. The summed E-state index contributed by atoms with van der Waals surface area (Å²) < 4.78 is 0. The van der Waals surface area contributed by atoms with E-state index in [2.05, 4.69) is 17.9 Å². The van der Waals surface area contributed by atoms with Gasteiger partial charge in [-0.3, -0.25) is 4.90 Å². The van der Waals surface area contributed by atoms with Gasteiger partial charge in [-0.2, -0.15) is 0 Å². The second-order valence-corrected chi connectivity index (χ2v) is 6.03. The first-order valence-electron chi connectivity index (χ1n) is 7.30. The highest BCUT2D eigenvalue weighted by Crippen LogP contribution is 2.37. The number of hydrogen-bond donors (Lipinski definition) is 1. The van der Waals surface area contributed by atoms with Crippen molar-refractivity contribution in [2.75, 3.05) is 13.1 Å². The molecule has 0 bridgehead atoms. The minimum atomic E-state index is 0.418. The van der Waals surface area contributed by atoms with E-state index in [0.717, 1.165) is 12.3 Å². The first kappa shape index (κ1) is 12.0. The van der Waals surface area contributed by atoms with E-state index < -0.39 is 0 Å². The van der Waals surface area contributed by atoms with Crippen LogP contribution in [-0.2, 0) is 6.42 Å². The average Bonchev–Trinajstić information content (AvgIpc) is 2.37. The molecule has 0 saturated carbocycles. The number of hydrogen-bond acceptors (Lipinski definition) is 2. The van der Waals surface area contributed by atoms with Crippen LogP contribution in [0.2, 0.25) is 0 Å². The van der Waals surface area contributed by atoms with Gasteiger partial charge in [-0.1, -0.05) is 13.0 Å². The lowest BCUT2D eigenvalue weighted by Gasteiger charge is -2.40. The Morgan fingerprint density at radius 1 is 1.22 bits per heavy atom. The van der Waals surface area contributed by atoms with E-state index in [1.165, 1.54) is 49.9 Å². The summed E-state index contributed by atoms with van der Waals surface area (Å²) in [6.45, 7) is 4.85. The van der Waals surface area contributed by atoms with Crippen molar-refractivity contribution in [2.24, 2.45) is 5.92 Å². The fourth-order valence-electron chi connectivity index (χ4n) is 3.66. The molecule has 98 valence electrons. The number of nitrogens with zero attached hydrogens (tertiary/aromatic N) is 1. The van der Waals surface area contributed by atoms with Crippen molar-refractivity contribution in [2.45, 2.75) is 45.1 Å². The second kappa shape index (κ2) is 4.93. The van der Waals surface area contributed by atoms with Crippen LogP contribution in [0.15, 0.2) is 18.2 Å². The predicted octanol–water partition coefficient (Wildman–Crippen LogP) is 3.50. The minimum Gasteiger partial charge on any atom is -0.508 e. The van der Waals surface area contributed by atoms with Gasteiger partial charge in [0.05, 0.1) is 0 Å². The molecule has 1 heterocycles. The van der Waals surface area contributed by atoms with Crippen molar-refractivity contribution < 1.29 is 5.11 Å². The highest BCUT2D eigenvalue weighted by Gasteiger charge is 2.28. The van der Waals surface area contributed by atoms with Gasteiger partial charge in [-0.15, -0.1) is 0 Å². The van der Waals surface area contributed by atoms with Crippen molar-refractivity contribution in [3.05, 3.63) is 29.3 Å². The zero-order valence-corrected chi connectivity index (χ0v) is 11.2. The molecule has 1 saturated heterocycles. The molecular formula is C16H23NO. The minimum absolute atomic E-state index is 0.418. The van der Waals surface area contributed by atoms with Crippen molar-refractivity contribution in [1.29, 1.82) is 0 Å². The van der Waals surface area contributed by atoms with Crippen molar-refractivity contribution in [3.63, 3.8) is 0 Å². The number of benzene rings is 1. The van der Waals surface area contributed by atoms with Crippen LogP contribution in [-0.4, -0.2) is 23.1 Å². The fourth-order valence-corrected chi connectivity index (χ4v) is 3.66. The van der Waals surface area contributed by atoms with E-state index in [0.29, 0.717) is 11.8 Å². The Hall–Kier alpha value is -1.02. The van der Waals surface area contributed by atoms with Gasteiger partial charge < -0.3 is 5.11 Å². The van der Waals surface area contributed by atoms with Gasteiger partial charge in [0.1, 0.15) is 5.75 Å². The SMILES string of the molecule is CC1CCCN(C2CCCc3cc(O)ccc32)C1. The van der Waals surface area contributed by atoms with Crippen LogP contribution < -0.4 is 0 Å². The van der Waals surface area contributed by atoms with E-state index in [-0.39, 0.29) is 0 Å². The zero-order valence-electron chi connectivity index (χ0n) is 11.2. The molecular weight excluding hydrogens is 222 g/mol. The summed E-state index contributed by atoms with van der Waals surface area (Å²) in [6.07, 6.45) is 6.39. The van der Waals surface area contributed by atoms with Crippen LogP contribution in [0.25, 0.3) is 0 Å². The third-order valence-corrected chi connectivity index (χ3v) is 4.54. The molecule has 1 aromatic rings. The van der Waals surface area contributed by atoms with Gasteiger partial charge >= 0.3 is 0 Å². The van der Waals surface area contributed by atoms with Gasteiger partial charge in [0.2, 0.25) is 0 Å². The highest BCUT2D eigenvalue weighted by molar-refractivity contribution is 5.38. The predicted molar refractivity (Wildman–Crippen MR) is 73.8 cm³/mol. The maximum absolute atomic E-state index is 9.61. The number of phenols is 1. The maximum Gasteiger partial charge on any atom is 0.115 e. The topological polar surface area (TPSA) is 23.5 Å². The van der Waals surface area contributed by atoms with Gasteiger partial charge in [0.15, 0.2) is 0 Å². The van der Waals surface area contributed by atoms with Crippen molar-refractivity contribution in [3.8, 4) is 5.75 Å². The van der Waals surface area contributed by atoms with Crippen LogP contribution in [0.5, 0.6) is 5.75 Å². The van der Waals surface area contributed by atoms with E-state index in [9.17, 15) is 5.11 Å². The van der Waals surface area contributed by atoms with Crippen LogP contribution in [0.1, 0.15) is 49.8 Å². The second-order valence-electron chi connectivity index (χ2n) is 6.03. The Bertz CT molecular complexity index is 429. The van der Waals surface area contributed by atoms with E-state index >= 15 is 0 Å². The van der Waals surface area contributed by atoms with Gasteiger partial charge in [-0.25, -0.2) is 0 Å². The molecule has 2 heteroatoms. The molecule has 1 fully saturated rings. The summed E-state index contributed by atoms with van der Waals surface area (Å²) in [5.74, 6) is 1.25. The molecule has 1 aliphatic heterocycles. The molecule has 0 amide bonds. The smallest absolute Gasteiger partial charge is 0.115 e. The Kier molecular flexibility index (Phi) is 3.29. The molecule has 1 aromatic carbocycles. The summed E-state index contributed by atoms with van der Waals surface area (Å²) in [5, 5.41) is 9.61. The summed E-state index contributed by atoms with van der Waals surface area (Å²) in [6, 6.07) is 6.56. The lowest BCUT2D eigenvalue weighted by molar-refractivity contribution is 0.118. The third-order valence-electron chi connectivity index (χ3n) is 4.54. The number of phenolic OH excluding ortho intramolecular Hbond substituents is 1. The van der Waals surface area contributed by atoms with Crippen molar-refractivity contribution in [1.82, 2.24) is 4.90 Å². The fraction of sp³-hybridized carbons (Fsp3) is 0.625. The number of fused-ring (bicyclic) bond motifs is 1. The molecule has 0 radical (unpaired) electrons. The maximum atomic E-state index is 9.61. The lowest BCUT2D eigenvalue weighted by Crippen LogP contribution is -2.38. The first-order valence-corrected chi connectivity index (χ1v) is 7.30. The summed E-state index contributed by atoms with van der Waals surface area (Å²) in [5.41, 5.74) is 2.83. The molecule has 3 rings (SSSR count). The molecule has 2 atom stereocenters. The lowest BCUT2D eigenvalue weighted by atomic mass is 9.85. The monoisotopic (exact) mass is 245 g/mol. The van der Waals surface area contributed by atoms with E-state index in [1.54, 1.807) is 0 Å². The van der Waals surface area contributed by atoms with Crippen LogP contribution in [0, 0.1) is 5.92 Å². The summed E-state index contributed by atoms with van der Waals surface area (Å²) in [7, 11) is 0. The van der Waals surface area contributed by atoms with E-state index in [4.69, 9.17) is 0 Å². The van der Waals surface area contributed by atoms with E-state index in [1.807, 2.05) is 12.1 Å².